The average molecular weight is 405 g/mol. The molecule has 2 aliphatic rings. The summed E-state index contributed by atoms with van der Waals surface area (Å²) in [5.74, 6) is 2.07. The molecular formula is C23H23N3O4. The van der Waals surface area contributed by atoms with Gasteiger partial charge in [-0.1, -0.05) is 47.6 Å². The summed E-state index contributed by atoms with van der Waals surface area (Å²) < 4.78 is 17.0. The number of hydrogen-bond donors (Lipinski definition) is 0. The van der Waals surface area contributed by atoms with E-state index in [2.05, 4.69) is 10.1 Å². The van der Waals surface area contributed by atoms with E-state index in [4.69, 9.17) is 14.0 Å². The second kappa shape index (κ2) is 8.20. The van der Waals surface area contributed by atoms with Crippen LogP contribution < -0.4 is 9.47 Å². The summed E-state index contributed by atoms with van der Waals surface area (Å²) in [6, 6.07) is 19.4. The SMILES string of the molecule is O=C([C@H]1COc2ccccc2O1)N1CCN(Cc2cc(-c3ccccc3)on2)CC1. The first kappa shape index (κ1) is 18.7. The van der Waals surface area contributed by atoms with E-state index >= 15 is 0 Å². The third-order valence-electron chi connectivity index (χ3n) is 5.47. The van der Waals surface area contributed by atoms with E-state index in [9.17, 15) is 4.79 Å². The lowest BCUT2D eigenvalue weighted by Gasteiger charge is -2.36. The molecule has 1 fully saturated rings. The van der Waals surface area contributed by atoms with Crippen LogP contribution in [0.1, 0.15) is 5.69 Å². The van der Waals surface area contributed by atoms with Crippen LogP contribution in [0.5, 0.6) is 11.5 Å². The number of nitrogens with zero attached hydrogens (tertiary/aromatic N) is 3. The molecule has 0 bridgehead atoms. The lowest BCUT2D eigenvalue weighted by molar-refractivity contribution is -0.143. The molecule has 5 rings (SSSR count). The van der Waals surface area contributed by atoms with Crippen LogP contribution in [0.15, 0.2) is 65.2 Å². The number of hydrogen-bond acceptors (Lipinski definition) is 6. The summed E-state index contributed by atoms with van der Waals surface area (Å²) in [6.45, 7) is 3.83. The molecule has 3 aromatic rings. The van der Waals surface area contributed by atoms with Gasteiger partial charge in [-0.3, -0.25) is 9.69 Å². The highest BCUT2D eigenvalue weighted by molar-refractivity contribution is 5.82. The lowest BCUT2D eigenvalue weighted by atomic mass is 10.1. The third-order valence-corrected chi connectivity index (χ3v) is 5.47. The van der Waals surface area contributed by atoms with Crippen LogP contribution in [0.2, 0.25) is 0 Å². The van der Waals surface area contributed by atoms with E-state index in [0.29, 0.717) is 31.1 Å². The number of rotatable bonds is 4. The number of fused-ring (bicyclic) bond motifs is 1. The molecule has 1 saturated heterocycles. The number of piperazine rings is 1. The minimum absolute atomic E-state index is 0.0167. The molecule has 30 heavy (non-hydrogen) atoms. The zero-order valence-electron chi connectivity index (χ0n) is 16.6. The van der Waals surface area contributed by atoms with Gasteiger partial charge in [-0.2, -0.15) is 0 Å². The Kier molecular flexibility index (Phi) is 5.11. The monoisotopic (exact) mass is 405 g/mol. The zero-order valence-corrected chi connectivity index (χ0v) is 16.6. The highest BCUT2D eigenvalue weighted by atomic mass is 16.6. The summed E-state index contributed by atoms with van der Waals surface area (Å²) in [5, 5.41) is 4.20. The van der Waals surface area contributed by atoms with Gasteiger partial charge in [-0.25, -0.2) is 0 Å². The molecule has 7 nitrogen and oxygen atoms in total. The summed E-state index contributed by atoms with van der Waals surface area (Å²) in [6.07, 6.45) is -0.588. The quantitative estimate of drug-likeness (QED) is 0.665. The molecule has 0 spiro atoms. The van der Waals surface area contributed by atoms with Crippen LogP contribution in [0.3, 0.4) is 0 Å². The van der Waals surface area contributed by atoms with Crippen LogP contribution >= 0.6 is 0 Å². The maximum atomic E-state index is 12.9. The number of benzene rings is 2. The molecule has 0 unspecified atom stereocenters. The van der Waals surface area contributed by atoms with Gasteiger partial charge >= 0.3 is 0 Å². The molecule has 0 saturated carbocycles. The van der Waals surface area contributed by atoms with Crippen LogP contribution in [-0.2, 0) is 11.3 Å². The van der Waals surface area contributed by atoms with E-state index in [1.165, 1.54) is 0 Å². The van der Waals surface area contributed by atoms with Crippen molar-refractivity contribution in [3.8, 4) is 22.8 Å². The minimum Gasteiger partial charge on any atom is -0.485 e. The van der Waals surface area contributed by atoms with Crippen LogP contribution in [0.4, 0.5) is 0 Å². The predicted octanol–water partition coefficient (Wildman–Crippen LogP) is 2.83. The Balaban J connectivity index is 1.14. The largest absolute Gasteiger partial charge is 0.485 e. The van der Waals surface area contributed by atoms with Gasteiger partial charge in [0.25, 0.3) is 5.91 Å². The van der Waals surface area contributed by atoms with Crippen molar-refractivity contribution >= 4 is 5.91 Å². The van der Waals surface area contributed by atoms with Crippen molar-refractivity contribution in [3.63, 3.8) is 0 Å². The Bertz CT molecular complexity index is 1010. The Morgan fingerprint density at radius 1 is 0.967 bits per heavy atom. The number of aromatic nitrogens is 1. The fraction of sp³-hybridized carbons (Fsp3) is 0.304. The smallest absolute Gasteiger partial charge is 0.267 e. The van der Waals surface area contributed by atoms with Crippen molar-refractivity contribution in [1.29, 1.82) is 0 Å². The van der Waals surface area contributed by atoms with Crippen LogP contribution in [0, 0.1) is 0 Å². The standard InChI is InChI=1S/C23H23N3O4/c27-23(22-16-28-19-8-4-5-9-20(19)29-22)26-12-10-25(11-13-26)15-18-14-21(30-24-18)17-6-2-1-3-7-17/h1-9,14,22H,10-13,15-16H2/t22-/m1/s1. The number of ether oxygens (including phenoxy) is 2. The van der Waals surface area contributed by atoms with E-state index < -0.39 is 6.10 Å². The highest BCUT2D eigenvalue weighted by Gasteiger charge is 2.32. The summed E-state index contributed by atoms with van der Waals surface area (Å²) in [4.78, 5) is 17.0. The molecule has 154 valence electrons. The van der Waals surface area contributed by atoms with Crippen LogP contribution in [0.25, 0.3) is 11.3 Å². The van der Waals surface area contributed by atoms with E-state index in [0.717, 1.165) is 30.1 Å². The Morgan fingerprint density at radius 3 is 2.50 bits per heavy atom. The molecule has 0 N–H and O–H groups in total. The van der Waals surface area contributed by atoms with E-state index in [-0.39, 0.29) is 12.5 Å². The second-order valence-corrected chi connectivity index (χ2v) is 7.51. The average Bonchev–Trinajstić information content (AvgIpc) is 3.28. The first-order chi connectivity index (χ1) is 14.8. The molecule has 7 heteroatoms. The van der Waals surface area contributed by atoms with Gasteiger partial charge in [0.1, 0.15) is 6.61 Å². The summed E-state index contributed by atoms with van der Waals surface area (Å²) in [7, 11) is 0. The maximum absolute atomic E-state index is 12.9. The van der Waals surface area contributed by atoms with Crippen molar-refractivity contribution in [2.45, 2.75) is 12.6 Å². The normalized spacial score (nSPS) is 18.9. The van der Waals surface area contributed by atoms with Crippen LogP contribution in [-0.4, -0.2) is 59.8 Å². The van der Waals surface area contributed by atoms with Crippen molar-refractivity contribution < 1.29 is 18.8 Å². The Hall–Kier alpha value is -3.32. The number of para-hydroxylation sites is 2. The summed E-state index contributed by atoms with van der Waals surface area (Å²) in [5.41, 5.74) is 1.91. The van der Waals surface area contributed by atoms with E-state index in [1.54, 1.807) is 0 Å². The van der Waals surface area contributed by atoms with Gasteiger partial charge < -0.3 is 18.9 Å². The number of carbonyl (C=O) groups excluding carboxylic acids is 1. The molecule has 1 atom stereocenters. The Labute approximate surface area is 174 Å². The molecule has 2 aromatic carbocycles. The molecule has 3 heterocycles. The minimum atomic E-state index is -0.588. The van der Waals surface area contributed by atoms with Gasteiger partial charge in [-0.15, -0.1) is 0 Å². The van der Waals surface area contributed by atoms with Crippen molar-refractivity contribution in [2.24, 2.45) is 0 Å². The van der Waals surface area contributed by atoms with Gasteiger partial charge in [-0.05, 0) is 12.1 Å². The molecule has 0 aliphatic carbocycles. The van der Waals surface area contributed by atoms with Crippen molar-refractivity contribution in [2.75, 3.05) is 32.8 Å². The van der Waals surface area contributed by atoms with Gasteiger partial charge in [0.05, 0.1) is 5.69 Å². The maximum Gasteiger partial charge on any atom is 0.267 e. The second-order valence-electron chi connectivity index (χ2n) is 7.51. The topological polar surface area (TPSA) is 68.0 Å². The van der Waals surface area contributed by atoms with Gasteiger partial charge in [0.15, 0.2) is 17.3 Å². The van der Waals surface area contributed by atoms with E-state index in [1.807, 2.05) is 65.6 Å². The zero-order chi connectivity index (χ0) is 20.3. The molecule has 0 radical (unpaired) electrons. The van der Waals surface area contributed by atoms with Gasteiger partial charge in [0.2, 0.25) is 6.10 Å². The lowest BCUT2D eigenvalue weighted by Crippen LogP contribution is -2.53. The molecule has 2 aliphatic heterocycles. The fourth-order valence-corrected chi connectivity index (χ4v) is 3.83. The molecular weight excluding hydrogens is 382 g/mol. The van der Waals surface area contributed by atoms with Gasteiger partial charge in [0, 0.05) is 44.4 Å². The predicted molar refractivity (Wildman–Crippen MR) is 110 cm³/mol. The van der Waals surface area contributed by atoms with Crippen molar-refractivity contribution in [1.82, 2.24) is 15.0 Å². The first-order valence-corrected chi connectivity index (χ1v) is 10.2. The number of carbonyl (C=O) groups is 1. The third kappa shape index (κ3) is 3.89. The first-order valence-electron chi connectivity index (χ1n) is 10.2. The number of amides is 1. The fourth-order valence-electron chi connectivity index (χ4n) is 3.83. The van der Waals surface area contributed by atoms with Crippen molar-refractivity contribution in [3.05, 3.63) is 66.4 Å². The summed E-state index contributed by atoms with van der Waals surface area (Å²) >= 11 is 0. The molecule has 1 amide bonds. The highest BCUT2D eigenvalue weighted by Crippen LogP contribution is 2.31. The molecule has 1 aromatic heterocycles. The Morgan fingerprint density at radius 2 is 1.70 bits per heavy atom.